The molecule has 100 valence electrons. The summed E-state index contributed by atoms with van der Waals surface area (Å²) in [4.78, 5) is 4.43. The Kier molecular flexibility index (Phi) is 3.46. The molecule has 0 amide bonds. The van der Waals surface area contributed by atoms with Crippen LogP contribution in [0.15, 0.2) is 28.8 Å². The number of hydrogen-bond donors (Lipinski definition) is 1. The monoisotopic (exact) mass is 259 g/mol. The van der Waals surface area contributed by atoms with E-state index in [1.54, 1.807) is 0 Å². The molecule has 5 nitrogen and oxygen atoms in total. The van der Waals surface area contributed by atoms with Crippen LogP contribution in [-0.4, -0.2) is 23.3 Å². The Morgan fingerprint density at radius 2 is 2.21 bits per heavy atom. The van der Waals surface area contributed by atoms with Gasteiger partial charge in [-0.1, -0.05) is 23.4 Å². The highest BCUT2D eigenvalue weighted by Gasteiger charge is 2.25. The van der Waals surface area contributed by atoms with Gasteiger partial charge in [0.1, 0.15) is 5.75 Å². The van der Waals surface area contributed by atoms with E-state index in [-0.39, 0.29) is 5.92 Å². The topological polar surface area (TPSA) is 74.2 Å². The van der Waals surface area contributed by atoms with Crippen LogP contribution in [0.5, 0.6) is 5.75 Å². The SMILES string of the molecule is NCCCc1nc(C2COc3ccccc3C2)no1. The van der Waals surface area contributed by atoms with Crippen molar-refractivity contribution >= 4 is 0 Å². The maximum Gasteiger partial charge on any atom is 0.226 e. The van der Waals surface area contributed by atoms with E-state index in [0.717, 1.165) is 30.8 Å². The molecule has 0 spiro atoms. The maximum absolute atomic E-state index is 5.74. The average Bonchev–Trinajstić information content (AvgIpc) is 2.93. The number of para-hydroxylation sites is 1. The molecule has 5 heteroatoms. The van der Waals surface area contributed by atoms with Gasteiger partial charge in [0.15, 0.2) is 5.82 Å². The molecule has 1 atom stereocenters. The van der Waals surface area contributed by atoms with Gasteiger partial charge in [-0.3, -0.25) is 0 Å². The summed E-state index contributed by atoms with van der Waals surface area (Å²) in [7, 11) is 0. The van der Waals surface area contributed by atoms with Crippen molar-refractivity contribution in [3.05, 3.63) is 41.5 Å². The standard InChI is InChI=1S/C14H17N3O2/c15-7-3-6-13-16-14(17-19-13)11-8-10-4-1-2-5-12(10)18-9-11/h1-2,4-5,11H,3,6-9,15H2. The summed E-state index contributed by atoms with van der Waals surface area (Å²) < 4.78 is 11.0. The van der Waals surface area contributed by atoms with Crippen LogP contribution in [0.25, 0.3) is 0 Å². The summed E-state index contributed by atoms with van der Waals surface area (Å²) >= 11 is 0. The summed E-state index contributed by atoms with van der Waals surface area (Å²) in [6, 6.07) is 8.08. The normalized spacial score (nSPS) is 17.8. The number of nitrogens with zero attached hydrogens (tertiary/aromatic N) is 2. The third kappa shape index (κ3) is 2.61. The van der Waals surface area contributed by atoms with Crippen LogP contribution in [-0.2, 0) is 12.8 Å². The molecule has 2 N–H and O–H groups in total. The summed E-state index contributed by atoms with van der Waals surface area (Å²) in [5.41, 5.74) is 6.67. The summed E-state index contributed by atoms with van der Waals surface area (Å²) in [6.07, 6.45) is 2.51. The quantitative estimate of drug-likeness (QED) is 0.904. The van der Waals surface area contributed by atoms with E-state index >= 15 is 0 Å². The predicted octanol–water partition coefficient (Wildman–Crippen LogP) is 1.68. The zero-order valence-corrected chi connectivity index (χ0v) is 10.7. The lowest BCUT2D eigenvalue weighted by Gasteiger charge is -2.22. The van der Waals surface area contributed by atoms with Crippen molar-refractivity contribution in [1.82, 2.24) is 10.1 Å². The Morgan fingerprint density at radius 3 is 3.11 bits per heavy atom. The third-order valence-corrected chi connectivity index (χ3v) is 3.32. The molecular weight excluding hydrogens is 242 g/mol. The van der Waals surface area contributed by atoms with Crippen molar-refractivity contribution in [1.29, 1.82) is 0 Å². The van der Waals surface area contributed by atoms with Gasteiger partial charge in [0.25, 0.3) is 0 Å². The van der Waals surface area contributed by atoms with Crippen LogP contribution in [0.2, 0.25) is 0 Å². The minimum absolute atomic E-state index is 0.172. The summed E-state index contributed by atoms with van der Waals surface area (Å²) in [5, 5.41) is 4.06. The zero-order chi connectivity index (χ0) is 13.1. The van der Waals surface area contributed by atoms with Crippen molar-refractivity contribution in [3.63, 3.8) is 0 Å². The first kappa shape index (κ1) is 12.2. The van der Waals surface area contributed by atoms with Gasteiger partial charge in [0.2, 0.25) is 5.89 Å². The second-order valence-electron chi connectivity index (χ2n) is 4.76. The molecule has 1 aliphatic heterocycles. The average molecular weight is 259 g/mol. The molecule has 2 heterocycles. The van der Waals surface area contributed by atoms with Gasteiger partial charge in [-0.25, -0.2) is 0 Å². The Bertz CT molecular complexity index is 553. The number of benzene rings is 1. The van der Waals surface area contributed by atoms with E-state index in [0.29, 0.717) is 19.0 Å². The molecule has 0 bridgehead atoms. The van der Waals surface area contributed by atoms with Crippen LogP contribution in [0.1, 0.15) is 29.6 Å². The maximum atomic E-state index is 5.74. The Balaban J connectivity index is 1.72. The number of aryl methyl sites for hydroxylation is 1. The lowest BCUT2D eigenvalue weighted by molar-refractivity contribution is 0.253. The smallest absolute Gasteiger partial charge is 0.226 e. The second kappa shape index (κ2) is 5.40. The van der Waals surface area contributed by atoms with Crippen LogP contribution in [0.4, 0.5) is 0 Å². The molecule has 2 aromatic rings. The minimum Gasteiger partial charge on any atom is -0.493 e. The number of rotatable bonds is 4. The van der Waals surface area contributed by atoms with Crippen LogP contribution in [0, 0.1) is 0 Å². The van der Waals surface area contributed by atoms with Crippen molar-refractivity contribution in [2.45, 2.75) is 25.2 Å². The fraction of sp³-hybridized carbons (Fsp3) is 0.429. The Morgan fingerprint density at radius 1 is 1.32 bits per heavy atom. The Hall–Kier alpha value is -1.88. The largest absolute Gasteiger partial charge is 0.493 e. The van der Waals surface area contributed by atoms with Gasteiger partial charge >= 0.3 is 0 Å². The molecule has 0 saturated carbocycles. The third-order valence-electron chi connectivity index (χ3n) is 3.32. The molecule has 1 unspecified atom stereocenters. The number of ether oxygens (including phenoxy) is 1. The highest BCUT2D eigenvalue weighted by Crippen LogP contribution is 2.30. The first-order chi connectivity index (χ1) is 9.36. The van der Waals surface area contributed by atoms with Gasteiger partial charge in [-0.15, -0.1) is 0 Å². The lowest BCUT2D eigenvalue weighted by Crippen LogP contribution is -2.20. The van der Waals surface area contributed by atoms with Crippen LogP contribution < -0.4 is 10.5 Å². The minimum atomic E-state index is 0.172. The summed E-state index contributed by atoms with van der Waals surface area (Å²) in [6.45, 7) is 1.24. The van der Waals surface area contributed by atoms with Crippen LogP contribution in [0.3, 0.4) is 0 Å². The van der Waals surface area contributed by atoms with Crippen molar-refractivity contribution in [2.75, 3.05) is 13.2 Å². The molecule has 19 heavy (non-hydrogen) atoms. The number of hydrogen-bond acceptors (Lipinski definition) is 5. The second-order valence-corrected chi connectivity index (χ2v) is 4.76. The molecule has 0 radical (unpaired) electrons. The van der Waals surface area contributed by atoms with Crippen molar-refractivity contribution in [3.8, 4) is 5.75 Å². The molecule has 1 aliphatic rings. The number of nitrogens with two attached hydrogens (primary N) is 1. The zero-order valence-electron chi connectivity index (χ0n) is 10.7. The van der Waals surface area contributed by atoms with Crippen LogP contribution >= 0.6 is 0 Å². The van der Waals surface area contributed by atoms with Crippen molar-refractivity contribution in [2.24, 2.45) is 5.73 Å². The van der Waals surface area contributed by atoms with E-state index in [2.05, 4.69) is 16.2 Å². The highest BCUT2D eigenvalue weighted by atomic mass is 16.5. The van der Waals surface area contributed by atoms with Crippen molar-refractivity contribution < 1.29 is 9.26 Å². The molecule has 1 aromatic carbocycles. The van der Waals surface area contributed by atoms with E-state index in [1.165, 1.54) is 5.56 Å². The first-order valence-electron chi connectivity index (χ1n) is 6.60. The van der Waals surface area contributed by atoms with Gasteiger partial charge < -0.3 is 15.0 Å². The van der Waals surface area contributed by atoms with Gasteiger partial charge in [-0.05, 0) is 31.0 Å². The van der Waals surface area contributed by atoms with Gasteiger partial charge in [0, 0.05) is 6.42 Å². The molecule has 0 aliphatic carbocycles. The molecule has 0 fully saturated rings. The van der Waals surface area contributed by atoms with E-state index in [4.69, 9.17) is 15.0 Å². The molecule has 3 rings (SSSR count). The first-order valence-corrected chi connectivity index (χ1v) is 6.60. The molecule has 0 saturated heterocycles. The predicted molar refractivity (Wildman–Crippen MR) is 70.1 cm³/mol. The number of aromatic nitrogens is 2. The van der Waals surface area contributed by atoms with E-state index in [1.807, 2.05) is 18.2 Å². The highest BCUT2D eigenvalue weighted by molar-refractivity contribution is 5.36. The fourth-order valence-electron chi connectivity index (χ4n) is 2.28. The Labute approximate surface area is 111 Å². The summed E-state index contributed by atoms with van der Waals surface area (Å²) in [5.74, 6) is 2.54. The molecular formula is C14H17N3O2. The lowest BCUT2D eigenvalue weighted by atomic mass is 9.96. The van der Waals surface area contributed by atoms with E-state index < -0.39 is 0 Å². The van der Waals surface area contributed by atoms with E-state index in [9.17, 15) is 0 Å². The van der Waals surface area contributed by atoms with Gasteiger partial charge in [0.05, 0.1) is 12.5 Å². The molecule has 1 aromatic heterocycles. The van der Waals surface area contributed by atoms with Gasteiger partial charge in [-0.2, -0.15) is 4.98 Å². The number of fused-ring (bicyclic) bond motifs is 1. The fourth-order valence-corrected chi connectivity index (χ4v) is 2.28.